The Morgan fingerprint density at radius 2 is 2.54 bits per heavy atom. The molecule has 5 nitrogen and oxygen atoms in total. The van der Waals surface area contributed by atoms with Gasteiger partial charge in [0.1, 0.15) is 5.69 Å². The lowest BCUT2D eigenvalue weighted by molar-refractivity contribution is 0.0667. The van der Waals surface area contributed by atoms with Crippen molar-refractivity contribution in [3.63, 3.8) is 0 Å². The first kappa shape index (κ1) is 9.73. The summed E-state index contributed by atoms with van der Waals surface area (Å²) < 4.78 is 6.42. The molecule has 0 radical (unpaired) electrons. The number of carboxylic acid groups (broad SMARTS) is 1. The molecule has 5 heteroatoms. The molecular formula is C8H12N2O3. The molecule has 0 aromatic carbocycles. The van der Waals surface area contributed by atoms with Crippen LogP contribution in [0.15, 0.2) is 12.3 Å². The normalized spacial score (nSPS) is 12.8. The molecule has 13 heavy (non-hydrogen) atoms. The maximum absolute atomic E-state index is 10.7. The van der Waals surface area contributed by atoms with Gasteiger partial charge in [-0.25, -0.2) is 4.79 Å². The first-order chi connectivity index (χ1) is 6.15. The summed E-state index contributed by atoms with van der Waals surface area (Å²) in [5.74, 6) is -0.971. The van der Waals surface area contributed by atoms with Crippen molar-refractivity contribution in [3.8, 4) is 0 Å². The van der Waals surface area contributed by atoms with E-state index in [0.717, 1.165) is 0 Å². The van der Waals surface area contributed by atoms with Crippen molar-refractivity contribution in [2.24, 2.45) is 0 Å². The molecule has 0 aliphatic carbocycles. The van der Waals surface area contributed by atoms with E-state index in [9.17, 15) is 4.79 Å². The molecule has 1 aromatic rings. The Labute approximate surface area is 75.9 Å². The van der Waals surface area contributed by atoms with Gasteiger partial charge in [-0.05, 0) is 13.0 Å². The second-order valence-corrected chi connectivity index (χ2v) is 2.75. The molecule has 1 rings (SSSR count). The van der Waals surface area contributed by atoms with Crippen molar-refractivity contribution < 1.29 is 14.6 Å². The Kier molecular flexibility index (Phi) is 3.02. The molecule has 1 unspecified atom stereocenters. The van der Waals surface area contributed by atoms with Gasteiger partial charge in [0.25, 0.3) is 0 Å². The maximum atomic E-state index is 10.7. The minimum Gasteiger partial charge on any atom is -0.477 e. The smallest absolute Gasteiger partial charge is 0.354 e. The molecule has 0 spiro atoms. The Morgan fingerprint density at radius 1 is 1.85 bits per heavy atom. The van der Waals surface area contributed by atoms with Crippen LogP contribution in [-0.4, -0.2) is 34.1 Å². The summed E-state index contributed by atoms with van der Waals surface area (Å²) in [6.07, 6.45) is 1.42. The highest BCUT2D eigenvalue weighted by atomic mass is 16.5. The third-order valence-electron chi connectivity index (χ3n) is 1.77. The summed E-state index contributed by atoms with van der Waals surface area (Å²) in [5.41, 5.74) is 0.184. The van der Waals surface area contributed by atoms with Gasteiger partial charge in [0.2, 0.25) is 0 Å². The van der Waals surface area contributed by atoms with Crippen molar-refractivity contribution in [1.82, 2.24) is 9.78 Å². The fourth-order valence-electron chi connectivity index (χ4n) is 0.978. The van der Waals surface area contributed by atoms with Crippen LogP contribution in [0.3, 0.4) is 0 Å². The van der Waals surface area contributed by atoms with Gasteiger partial charge < -0.3 is 9.84 Å². The predicted molar refractivity (Wildman–Crippen MR) is 45.7 cm³/mol. The number of rotatable bonds is 4. The SMILES string of the molecule is COC(C)Cn1nccc1C(=O)O. The standard InChI is InChI=1S/C8H12N2O3/c1-6(13-2)5-10-7(8(11)12)3-4-9-10/h3-4,6H,5H2,1-2H3,(H,11,12). The van der Waals surface area contributed by atoms with Crippen LogP contribution in [0.1, 0.15) is 17.4 Å². The zero-order valence-corrected chi connectivity index (χ0v) is 7.60. The summed E-state index contributed by atoms with van der Waals surface area (Å²) in [4.78, 5) is 10.7. The number of aromatic carboxylic acids is 1. The highest BCUT2D eigenvalue weighted by Crippen LogP contribution is 2.01. The average Bonchev–Trinajstić information content (AvgIpc) is 2.52. The van der Waals surface area contributed by atoms with Crippen molar-refractivity contribution in [2.75, 3.05) is 7.11 Å². The van der Waals surface area contributed by atoms with E-state index in [1.807, 2.05) is 6.92 Å². The van der Waals surface area contributed by atoms with E-state index in [2.05, 4.69) is 5.10 Å². The van der Waals surface area contributed by atoms with Crippen LogP contribution in [0.5, 0.6) is 0 Å². The Bertz CT molecular complexity index is 295. The topological polar surface area (TPSA) is 64.4 Å². The van der Waals surface area contributed by atoms with Gasteiger partial charge in [0.15, 0.2) is 0 Å². The quantitative estimate of drug-likeness (QED) is 0.744. The summed E-state index contributed by atoms with van der Waals surface area (Å²) >= 11 is 0. The van der Waals surface area contributed by atoms with Gasteiger partial charge in [0, 0.05) is 13.3 Å². The summed E-state index contributed by atoms with van der Waals surface area (Å²) in [6, 6.07) is 1.46. The largest absolute Gasteiger partial charge is 0.477 e. The van der Waals surface area contributed by atoms with Crippen LogP contribution < -0.4 is 0 Å². The molecule has 0 aliphatic rings. The van der Waals surface area contributed by atoms with E-state index < -0.39 is 5.97 Å². The van der Waals surface area contributed by atoms with E-state index >= 15 is 0 Å². The number of methoxy groups -OCH3 is 1. The zero-order chi connectivity index (χ0) is 9.84. The number of aromatic nitrogens is 2. The first-order valence-electron chi connectivity index (χ1n) is 3.93. The lowest BCUT2D eigenvalue weighted by Gasteiger charge is -2.10. The molecule has 0 fully saturated rings. The minimum absolute atomic E-state index is 0.0435. The van der Waals surface area contributed by atoms with Gasteiger partial charge in [-0.2, -0.15) is 5.10 Å². The molecule has 1 heterocycles. The van der Waals surface area contributed by atoms with E-state index in [-0.39, 0.29) is 11.8 Å². The predicted octanol–water partition coefficient (Wildman–Crippen LogP) is 0.616. The summed E-state index contributed by atoms with van der Waals surface area (Å²) in [5, 5.41) is 12.6. The van der Waals surface area contributed by atoms with E-state index in [0.29, 0.717) is 6.54 Å². The molecule has 0 saturated carbocycles. The van der Waals surface area contributed by atoms with Crippen molar-refractivity contribution in [2.45, 2.75) is 19.6 Å². The fraction of sp³-hybridized carbons (Fsp3) is 0.500. The lowest BCUT2D eigenvalue weighted by Crippen LogP contribution is -2.19. The van der Waals surface area contributed by atoms with E-state index in [4.69, 9.17) is 9.84 Å². The number of carboxylic acids is 1. The highest BCUT2D eigenvalue weighted by molar-refractivity contribution is 5.85. The second kappa shape index (κ2) is 4.04. The number of hydrogen-bond acceptors (Lipinski definition) is 3. The van der Waals surface area contributed by atoms with Gasteiger partial charge in [-0.3, -0.25) is 4.68 Å². The van der Waals surface area contributed by atoms with Crippen molar-refractivity contribution in [3.05, 3.63) is 18.0 Å². The molecule has 72 valence electrons. The van der Waals surface area contributed by atoms with Crippen LogP contribution in [0, 0.1) is 0 Å². The van der Waals surface area contributed by atoms with Crippen LogP contribution in [0.2, 0.25) is 0 Å². The Hall–Kier alpha value is -1.36. The second-order valence-electron chi connectivity index (χ2n) is 2.75. The molecular weight excluding hydrogens is 172 g/mol. The highest BCUT2D eigenvalue weighted by Gasteiger charge is 2.11. The van der Waals surface area contributed by atoms with Crippen molar-refractivity contribution in [1.29, 1.82) is 0 Å². The molecule has 1 N–H and O–H groups in total. The van der Waals surface area contributed by atoms with E-state index in [1.54, 1.807) is 7.11 Å². The number of ether oxygens (including phenoxy) is 1. The molecule has 1 atom stereocenters. The summed E-state index contributed by atoms with van der Waals surface area (Å²) in [7, 11) is 1.58. The van der Waals surface area contributed by atoms with Crippen LogP contribution in [0.4, 0.5) is 0 Å². The Balaban J connectivity index is 2.76. The van der Waals surface area contributed by atoms with Crippen LogP contribution in [0.25, 0.3) is 0 Å². The molecule has 0 amide bonds. The first-order valence-corrected chi connectivity index (χ1v) is 3.93. The number of nitrogens with zero attached hydrogens (tertiary/aromatic N) is 2. The number of carbonyl (C=O) groups is 1. The van der Waals surface area contributed by atoms with Crippen molar-refractivity contribution >= 4 is 5.97 Å². The third-order valence-corrected chi connectivity index (χ3v) is 1.77. The molecule has 0 bridgehead atoms. The van der Waals surface area contributed by atoms with E-state index in [1.165, 1.54) is 16.9 Å². The van der Waals surface area contributed by atoms with Crippen LogP contribution in [-0.2, 0) is 11.3 Å². The maximum Gasteiger partial charge on any atom is 0.354 e. The lowest BCUT2D eigenvalue weighted by atomic mass is 10.4. The van der Waals surface area contributed by atoms with Gasteiger partial charge >= 0.3 is 5.97 Å². The monoisotopic (exact) mass is 184 g/mol. The van der Waals surface area contributed by atoms with Gasteiger partial charge in [-0.1, -0.05) is 0 Å². The average molecular weight is 184 g/mol. The fourth-order valence-corrected chi connectivity index (χ4v) is 0.978. The third kappa shape index (κ3) is 2.29. The zero-order valence-electron chi connectivity index (χ0n) is 7.60. The van der Waals surface area contributed by atoms with Gasteiger partial charge in [0.05, 0.1) is 12.6 Å². The minimum atomic E-state index is -0.971. The molecule has 0 saturated heterocycles. The number of hydrogen-bond donors (Lipinski definition) is 1. The Morgan fingerprint density at radius 3 is 3.08 bits per heavy atom. The molecule has 1 aromatic heterocycles. The van der Waals surface area contributed by atoms with Crippen LogP contribution >= 0.6 is 0 Å². The molecule has 0 aliphatic heterocycles. The van der Waals surface area contributed by atoms with Gasteiger partial charge in [-0.15, -0.1) is 0 Å². The summed E-state index contributed by atoms with van der Waals surface area (Å²) in [6.45, 7) is 2.30.